The highest BCUT2D eigenvalue weighted by Crippen LogP contribution is 2.33. The first-order chi connectivity index (χ1) is 12.5. The number of nitrogens with one attached hydrogen (secondary N) is 1. The van der Waals surface area contributed by atoms with E-state index in [9.17, 15) is 18.0 Å². The Kier molecular flexibility index (Phi) is 6.15. The summed E-state index contributed by atoms with van der Waals surface area (Å²) < 4.78 is 43.6. The van der Waals surface area contributed by atoms with Crippen LogP contribution in [0, 0.1) is 0 Å². The van der Waals surface area contributed by atoms with E-state index in [1.807, 2.05) is 6.07 Å². The fraction of sp³-hybridized carbons (Fsp3) is 0.353. The van der Waals surface area contributed by atoms with Gasteiger partial charge in [0.2, 0.25) is 5.95 Å². The van der Waals surface area contributed by atoms with Crippen LogP contribution in [0.15, 0.2) is 36.5 Å². The van der Waals surface area contributed by atoms with E-state index in [0.717, 1.165) is 10.6 Å². The summed E-state index contributed by atoms with van der Waals surface area (Å²) in [4.78, 5) is 19.6. The van der Waals surface area contributed by atoms with Gasteiger partial charge in [-0.1, -0.05) is 41.9 Å². The van der Waals surface area contributed by atoms with Crippen molar-refractivity contribution >= 4 is 23.6 Å². The van der Waals surface area contributed by atoms with Crippen molar-refractivity contribution in [2.24, 2.45) is 0 Å². The van der Waals surface area contributed by atoms with Gasteiger partial charge in [0.25, 0.3) is 0 Å². The molecular weight excluding hydrogens is 385 g/mol. The molecule has 146 valence electrons. The standard InChI is InChI=1S/C17H18ClF3N4O2/c1-16(2,3)27-15(26)25(10-11-7-5-4-6-8-11)24-14-22-9-12(13(18)23-14)17(19,20)21/h4-9H,10H2,1-3H3,(H,22,23,24). The second-order valence-electron chi connectivity index (χ2n) is 6.56. The van der Waals surface area contributed by atoms with E-state index in [-0.39, 0.29) is 12.5 Å². The number of alkyl halides is 3. The molecule has 1 heterocycles. The molecule has 10 heteroatoms. The van der Waals surface area contributed by atoms with Crippen LogP contribution in [-0.4, -0.2) is 26.7 Å². The van der Waals surface area contributed by atoms with Gasteiger partial charge in [-0.2, -0.15) is 18.2 Å². The van der Waals surface area contributed by atoms with E-state index in [1.165, 1.54) is 0 Å². The number of hydrogen-bond donors (Lipinski definition) is 1. The maximum Gasteiger partial charge on any atom is 0.429 e. The summed E-state index contributed by atoms with van der Waals surface area (Å²) in [5, 5.41) is 0.281. The van der Waals surface area contributed by atoms with Crippen molar-refractivity contribution in [1.29, 1.82) is 0 Å². The zero-order valence-corrected chi connectivity index (χ0v) is 15.6. The second-order valence-corrected chi connectivity index (χ2v) is 6.92. The summed E-state index contributed by atoms with van der Waals surface area (Å²) in [5.41, 5.74) is 1.38. The largest absolute Gasteiger partial charge is 0.442 e. The van der Waals surface area contributed by atoms with Crippen molar-refractivity contribution in [2.75, 3.05) is 5.43 Å². The monoisotopic (exact) mass is 402 g/mol. The molecule has 0 atom stereocenters. The summed E-state index contributed by atoms with van der Waals surface area (Å²) >= 11 is 5.60. The molecule has 1 aromatic carbocycles. The molecule has 27 heavy (non-hydrogen) atoms. The van der Waals surface area contributed by atoms with Crippen molar-refractivity contribution in [1.82, 2.24) is 15.0 Å². The van der Waals surface area contributed by atoms with Gasteiger partial charge in [-0.25, -0.2) is 14.8 Å². The number of nitrogens with zero attached hydrogens (tertiary/aromatic N) is 3. The highest BCUT2D eigenvalue weighted by molar-refractivity contribution is 6.30. The van der Waals surface area contributed by atoms with Crippen LogP contribution in [0.3, 0.4) is 0 Å². The minimum absolute atomic E-state index is 0.0672. The predicted molar refractivity (Wildman–Crippen MR) is 93.9 cm³/mol. The van der Waals surface area contributed by atoms with Crippen LogP contribution in [-0.2, 0) is 17.5 Å². The summed E-state index contributed by atoms with van der Waals surface area (Å²) in [6.45, 7) is 5.14. The molecule has 1 amide bonds. The minimum Gasteiger partial charge on any atom is -0.442 e. The maximum atomic E-state index is 12.8. The molecule has 2 aromatic rings. The molecule has 2 rings (SSSR count). The second kappa shape index (κ2) is 7.99. The number of carbonyl (C=O) groups is 1. The Hall–Kier alpha value is -2.55. The van der Waals surface area contributed by atoms with Gasteiger partial charge in [0.05, 0.1) is 6.54 Å². The SMILES string of the molecule is CC(C)(C)OC(=O)N(Cc1ccccc1)Nc1ncc(C(F)(F)F)c(Cl)n1. The van der Waals surface area contributed by atoms with Gasteiger partial charge < -0.3 is 4.74 Å². The number of carbonyl (C=O) groups excluding carboxylic acids is 1. The van der Waals surface area contributed by atoms with Crippen LogP contribution in [0.5, 0.6) is 0 Å². The molecule has 0 unspecified atom stereocenters. The Morgan fingerprint density at radius 3 is 2.37 bits per heavy atom. The molecule has 1 aromatic heterocycles. The van der Waals surface area contributed by atoms with Crippen molar-refractivity contribution < 1.29 is 22.7 Å². The van der Waals surface area contributed by atoms with Crippen molar-refractivity contribution in [3.8, 4) is 0 Å². The van der Waals surface area contributed by atoms with Gasteiger partial charge >= 0.3 is 12.3 Å². The molecule has 0 saturated heterocycles. The van der Waals surface area contributed by atoms with Crippen LogP contribution < -0.4 is 5.43 Å². The van der Waals surface area contributed by atoms with Gasteiger partial charge in [-0.3, -0.25) is 5.43 Å². The van der Waals surface area contributed by atoms with Gasteiger partial charge in [0.15, 0.2) is 0 Å². The number of halogens is 4. The third-order valence-corrected chi connectivity index (χ3v) is 3.37. The van der Waals surface area contributed by atoms with E-state index in [4.69, 9.17) is 16.3 Å². The summed E-state index contributed by atoms with van der Waals surface area (Å²) in [6.07, 6.45) is -4.87. The number of anilines is 1. The molecule has 0 aliphatic carbocycles. The van der Waals surface area contributed by atoms with E-state index in [0.29, 0.717) is 6.20 Å². The molecule has 0 aliphatic rings. The molecule has 0 radical (unpaired) electrons. The lowest BCUT2D eigenvalue weighted by Gasteiger charge is -2.27. The summed E-state index contributed by atoms with van der Waals surface area (Å²) in [5.74, 6) is -0.269. The van der Waals surface area contributed by atoms with Gasteiger partial charge in [-0.05, 0) is 26.3 Å². The van der Waals surface area contributed by atoms with Crippen LogP contribution in [0.4, 0.5) is 23.9 Å². The van der Waals surface area contributed by atoms with E-state index in [2.05, 4.69) is 15.4 Å². The van der Waals surface area contributed by atoms with E-state index >= 15 is 0 Å². The van der Waals surface area contributed by atoms with Crippen LogP contribution in [0.25, 0.3) is 0 Å². The first kappa shape index (κ1) is 20.8. The van der Waals surface area contributed by atoms with Crippen molar-refractivity contribution in [2.45, 2.75) is 39.1 Å². The first-order valence-corrected chi connectivity index (χ1v) is 8.24. The Morgan fingerprint density at radius 2 is 1.85 bits per heavy atom. The summed E-state index contributed by atoms with van der Waals surface area (Å²) in [7, 11) is 0. The number of hydrogen-bond acceptors (Lipinski definition) is 5. The molecule has 6 nitrogen and oxygen atoms in total. The summed E-state index contributed by atoms with van der Waals surface area (Å²) in [6, 6.07) is 8.94. The van der Waals surface area contributed by atoms with Crippen LogP contribution in [0.2, 0.25) is 5.15 Å². The molecule has 1 N–H and O–H groups in total. The quantitative estimate of drug-likeness (QED) is 0.581. The van der Waals surface area contributed by atoms with Gasteiger partial charge in [-0.15, -0.1) is 0 Å². The normalized spacial score (nSPS) is 11.8. The number of aromatic nitrogens is 2. The zero-order chi connectivity index (χ0) is 20.2. The average Bonchev–Trinajstić information content (AvgIpc) is 2.52. The highest BCUT2D eigenvalue weighted by atomic mass is 35.5. The molecule has 0 fully saturated rings. The van der Waals surface area contributed by atoms with Gasteiger partial charge in [0, 0.05) is 6.20 Å². The predicted octanol–water partition coefficient (Wildman–Crippen LogP) is 4.91. The molecule has 0 saturated carbocycles. The lowest BCUT2D eigenvalue weighted by molar-refractivity contribution is -0.137. The van der Waals surface area contributed by atoms with Crippen molar-refractivity contribution in [3.05, 3.63) is 52.8 Å². The lowest BCUT2D eigenvalue weighted by atomic mass is 10.2. The molecule has 0 spiro atoms. The topological polar surface area (TPSA) is 67.3 Å². The number of rotatable bonds is 4. The fourth-order valence-electron chi connectivity index (χ4n) is 1.96. The first-order valence-electron chi connectivity index (χ1n) is 7.86. The minimum atomic E-state index is -4.68. The Balaban J connectivity index is 2.25. The van der Waals surface area contributed by atoms with E-state index < -0.39 is 28.6 Å². The number of hydrazine groups is 1. The van der Waals surface area contributed by atoms with Crippen molar-refractivity contribution in [3.63, 3.8) is 0 Å². The molecular formula is C17H18ClF3N4O2. The number of amides is 1. The molecule has 0 bridgehead atoms. The van der Waals surface area contributed by atoms with Crippen LogP contribution in [0.1, 0.15) is 31.9 Å². The number of benzene rings is 1. The van der Waals surface area contributed by atoms with Crippen LogP contribution >= 0.6 is 11.6 Å². The Bertz CT molecular complexity index is 795. The fourth-order valence-corrected chi connectivity index (χ4v) is 2.19. The maximum absolute atomic E-state index is 12.8. The Labute approximate surface area is 159 Å². The van der Waals surface area contributed by atoms with E-state index in [1.54, 1.807) is 45.0 Å². The molecule has 0 aliphatic heterocycles. The van der Waals surface area contributed by atoms with Gasteiger partial charge in [0.1, 0.15) is 16.3 Å². The lowest BCUT2D eigenvalue weighted by Crippen LogP contribution is -2.40. The smallest absolute Gasteiger partial charge is 0.429 e. The highest BCUT2D eigenvalue weighted by Gasteiger charge is 2.35. The third-order valence-electron chi connectivity index (χ3n) is 3.08. The third kappa shape index (κ3) is 6.28. The number of ether oxygens (including phenoxy) is 1. The average molecular weight is 403 g/mol. The Morgan fingerprint density at radius 1 is 1.22 bits per heavy atom. The zero-order valence-electron chi connectivity index (χ0n) is 14.8.